The molecular formula is C11H10ClN3O3S. The first-order chi connectivity index (χ1) is 8.90. The Morgan fingerprint density at radius 3 is 2.79 bits per heavy atom. The average molecular weight is 300 g/mol. The number of hydrogen-bond acceptors (Lipinski definition) is 4. The van der Waals surface area contributed by atoms with E-state index in [2.05, 4.69) is 14.7 Å². The molecule has 19 heavy (non-hydrogen) atoms. The van der Waals surface area contributed by atoms with Crippen molar-refractivity contribution >= 4 is 27.3 Å². The number of hydrogen-bond donors (Lipinski definition) is 2. The van der Waals surface area contributed by atoms with Gasteiger partial charge in [-0.15, -0.1) is 0 Å². The summed E-state index contributed by atoms with van der Waals surface area (Å²) in [7, 11) is -3.82. The second kappa shape index (κ2) is 5.02. The van der Waals surface area contributed by atoms with E-state index in [0.29, 0.717) is 11.4 Å². The van der Waals surface area contributed by atoms with Crippen LogP contribution in [0.15, 0.2) is 40.3 Å². The second-order valence-electron chi connectivity index (χ2n) is 3.75. The Bertz CT molecular complexity index is 771. The van der Waals surface area contributed by atoms with Gasteiger partial charge in [-0.25, -0.2) is 8.42 Å². The van der Waals surface area contributed by atoms with Gasteiger partial charge >= 0.3 is 0 Å². The largest absolute Gasteiger partial charge is 0.326 e. The van der Waals surface area contributed by atoms with Crippen LogP contribution in [0.4, 0.5) is 5.69 Å². The number of anilines is 1. The van der Waals surface area contributed by atoms with Crippen molar-refractivity contribution in [3.8, 4) is 0 Å². The topological polar surface area (TPSA) is 91.9 Å². The molecule has 0 saturated carbocycles. The van der Waals surface area contributed by atoms with E-state index in [4.69, 9.17) is 11.6 Å². The van der Waals surface area contributed by atoms with Gasteiger partial charge in [0, 0.05) is 12.4 Å². The van der Waals surface area contributed by atoms with Crippen LogP contribution in [-0.2, 0) is 10.0 Å². The maximum absolute atomic E-state index is 12.1. The third-order valence-corrected chi connectivity index (χ3v) is 4.02. The molecule has 2 aromatic heterocycles. The molecule has 0 aliphatic heterocycles. The first-order valence-corrected chi connectivity index (χ1v) is 7.09. The number of nitrogens with one attached hydrogen (secondary N) is 2. The predicted molar refractivity (Wildman–Crippen MR) is 71.9 cm³/mol. The molecule has 0 bridgehead atoms. The maximum Gasteiger partial charge on any atom is 0.266 e. The molecular weight excluding hydrogens is 290 g/mol. The number of rotatable bonds is 3. The molecule has 0 amide bonds. The number of halogens is 1. The van der Waals surface area contributed by atoms with Crippen LogP contribution < -0.4 is 10.3 Å². The van der Waals surface area contributed by atoms with Gasteiger partial charge in [-0.05, 0) is 25.1 Å². The van der Waals surface area contributed by atoms with Crippen LogP contribution in [0, 0.1) is 6.92 Å². The predicted octanol–water partition coefficient (Wildman–Crippen LogP) is 1.53. The number of aromatic nitrogens is 2. The van der Waals surface area contributed by atoms with E-state index < -0.39 is 15.6 Å². The maximum atomic E-state index is 12.1. The monoisotopic (exact) mass is 299 g/mol. The van der Waals surface area contributed by atoms with Crippen molar-refractivity contribution < 1.29 is 8.42 Å². The Hall–Kier alpha value is -1.86. The standard InChI is InChI=1S/C11H10ClN3O3S/c1-7-10(3-2-4-13-7)15-19(17,18)8-5-9(12)11(16)14-6-8/h2-6,15H,1H3,(H,14,16). The Balaban J connectivity index is 2.41. The van der Waals surface area contributed by atoms with Crippen LogP contribution in [-0.4, -0.2) is 18.4 Å². The molecule has 2 N–H and O–H groups in total. The van der Waals surface area contributed by atoms with E-state index in [1.165, 1.54) is 0 Å². The lowest BCUT2D eigenvalue weighted by molar-refractivity contribution is 0.600. The minimum absolute atomic E-state index is 0.125. The zero-order valence-electron chi connectivity index (χ0n) is 9.84. The number of H-pyrrole nitrogens is 1. The summed E-state index contributed by atoms with van der Waals surface area (Å²) in [5.74, 6) is 0. The smallest absolute Gasteiger partial charge is 0.266 e. The number of sulfonamides is 1. The zero-order chi connectivity index (χ0) is 14.0. The van der Waals surface area contributed by atoms with Crippen LogP contribution in [0.25, 0.3) is 0 Å². The Labute approximate surface area is 114 Å². The van der Waals surface area contributed by atoms with Crippen molar-refractivity contribution in [3.63, 3.8) is 0 Å². The van der Waals surface area contributed by atoms with Crippen molar-refractivity contribution in [2.75, 3.05) is 4.72 Å². The number of aromatic amines is 1. The number of pyridine rings is 2. The fourth-order valence-electron chi connectivity index (χ4n) is 1.39. The van der Waals surface area contributed by atoms with E-state index in [0.717, 1.165) is 12.3 Å². The molecule has 0 atom stereocenters. The highest BCUT2D eigenvalue weighted by Gasteiger charge is 2.16. The summed E-state index contributed by atoms with van der Waals surface area (Å²) >= 11 is 5.61. The van der Waals surface area contributed by atoms with Crippen molar-refractivity contribution in [3.05, 3.63) is 51.7 Å². The summed E-state index contributed by atoms with van der Waals surface area (Å²) in [6.45, 7) is 1.68. The summed E-state index contributed by atoms with van der Waals surface area (Å²) in [4.78, 5) is 17.2. The van der Waals surface area contributed by atoms with Gasteiger partial charge in [-0.3, -0.25) is 14.5 Å². The first-order valence-electron chi connectivity index (χ1n) is 5.23. The summed E-state index contributed by atoms with van der Waals surface area (Å²) in [5, 5.41) is -0.189. The molecule has 6 nitrogen and oxygen atoms in total. The zero-order valence-corrected chi connectivity index (χ0v) is 11.4. The molecule has 2 heterocycles. The molecule has 0 fully saturated rings. The average Bonchev–Trinajstić information content (AvgIpc) is 2.35. The number of nitrogens with zero attached hydrogens (tertiary/aromatic N) is 1. The lowest BCUT2D eigenvalue weighted by Gasteiger charge is -2.09. The van der Waals surface area contributed by atoms with Crippen LogP contribution in [0.3, 0.4) is 0 Å². The fourth-order valence-corrected chi connectivity index (χ4v) is 2.74. The van der Waals surface area contributed by atoms with Crippen molar-refractivity contribution in [2.24, 2.45) is 0 Å². The Morgan fingerprint density at radius 1 is 1.42 bits per heavy atom. The lowest BCUT2D eigenvalue weighted by atomic mass is 10.3. The highest BCUT2D eigenvalue weighted by Crippen LogP contribution is 2.18. The minimum Gasteiger partial charge on any atom is -0.326 e. The summed E-state index contributed by atoms with van der Waals surface area (Å²) in [5.41, 5.74) is 0.365. The second-order valence-corrected chi connectivity index (χ2v) is 5.84. The van der Waals surface area contributed by atoms with E-state index in [1.807, 2.05) is 0 Å². The van der Waals surface area contributed by atoms with Gasteiger partial charge < -0.3 is 4.98 Å². The van der Waals surface area contributed by atoms with Crippen LogP contribution in [0.5, 0.6) is 0 Å². The summed E-state index contributed by atoms with van der Waals surface area (Å²) in [6.07, 6.45) is 2.65. The molecule has 0 aliphatic carbocycles. The van der Waals surface area contributed by atoms with Crippen LogP contribution in [0.1, 0.15) is 5.69 Å². The highest BCUT2D eigenvalue weighted by molar-refractivity contribution is 7.92. The lowest BCUT2D eigenvalue weighted by Crippen LogP contribution is -2.16. The molecule has 0 radical (unpaired) electrons. The third-order valence-electron chi connectivity index (χ3n) is 2.39. The first kappa shape index (κ1) is 13.6. The molecule has 0 saturated heterocycles. The van der Waals surface area contributed by atoms with Gasteiger partial charge in [0.2, 0.25) is 0 Å². The van der Waals surface area contributed by atoms with E-state index >= 15 is 0 Å². The van der Waals surface area contributed by atoms with Gasteiger partial charge in [0.1, 0.15) is 9.92 Å². The van der Waals surface area contributed by atoms with Gasteiger partial charge in [-0.1, -0.05) is 11.6 Å². The van der Waals surface area contributed by atoms with E-state index in [9.17, 15) is 13.2 Å². The molecule has 100 valence electrons. The third kappa shape index (κ3) is 2.94. The van der Waals surface area contributed by atoms with Crippen LogP contribution >= 0.6 is 11.6 Å². The van der Waals surface area contributed by atoms with Gasteiger partial charge in [0.05, 0.1) is 11.4 Å². The summed E-state index contributed by atoms with van der Waals surface area (Å²) < 4.78 is 26.6. The minimum atomic E-state index is -3.82. The molecule has 0 aliphatic rings. The van der Waals surface area contributed by atoms with Crippen molar-refractivity contribution in [1.82, 2.24) is 9.97 Å². The van der Waals surface area contributed by atoms with Crippen molar-refractivity contribution in [2.45, 2.75) is 11.8 Å². The van der Waals surface area contributed by atoms with E-state index in [1.54, 1.807) is 25.3 Å². The molecule has 2 aromatic rings. The molecule has 0 aromatic carbocycles. The fraction of sp³-hybridized carbons (Fsp3) is 0.0909. The molecule has 0 spiro atoms. The summed E-state index contributed by atoms with van der Waals surface area (Å²) in [6, 6.07) is 4.30. The van der Waals surface area contributed by atoms with Gasteiger partial charge in [-0.2, -0.15) is 0 Å². The van der Waals surface area contributed by atoms with Gasteiger partial charge in [0.15, 0.2) is 0 Å². The van der Waals surface area contributed by atoms with Crippen LogP contribution in [0.2, 0.25) is 5.02 Å². The Kier molecular flexibility index (Phi) is 3.59. The molecule has 0 unspecified atom stereocenters. The highest BCUT2D eigenvalue weighted by atomic mass is 35.5. The van der Waals surface area contributed by atoms with Crippen molar-refractivity contribution in [1.29, 1.82) is 0 Å². The molecule has 8 heteroatoms. The van der Waals surface area contributed by atoms with E-state index in [-0.39, 0.29) is 9.92 Å². The number of aryl methyl sites for hydroxylation is 1. The normalized spacial score (nSPS) is 11.3. The van der Waals surface area contributed by atoms with Gasteiger partial charge in [0.25, 0.3) is 15.6 Å². The quantitative estimate of drug-likeness (QED) is 0.899. The Morgan fingerprint density at radius 2 is 2.16 bits per heavy atom. The SMILES string of the molecule is Cc1ncccc1NS(=O)(=O)c1c[nH]c(=O)c(Cl)c1. The molecule has 2 rings (SSSR count).